The number of anilines is 1. The molecule has 0 aliphatic rings. The van der Waals surface area contributed by atoms with Crippen molar-refractivity contribution in [1.82, 2.24) is 4.57 Å². The number of benzene rings is 2. The van der Waals surface area contributed by atoms with Crippen LogP contribution in [0.4, 0.5) is 5.69 Å². The summed E-state index contributed by atoms with van der Waals surface area (Å²) in [5, 5.41) is 11.9. The van der Waals surface area contributed by atoms with Gasteiger partial charge in [0, 0.05) is 28.3 Å². The molecule has 0 fully saturated rings. The molecule has 124 valence electrons. The Balaban J connectivity index is 1.77. The highest BCUT2D eigenvalue weighted by molar-refractivity contribution is 6.00. The Labute approximate surface area is 147 Å². The number of aromatic nitrogens is 1. The summed E-state index contributed by atoms with van der Waals surface area (Å²) in [4.78, 5) is 12.6. The van der Waals surface area contributed by atoms with Crippen molar-refractivity contribution in [2.24, 2.45) is 0 Å². The largest absolute Gasteiger partial charge is 0.378 e. The van der Waals surface area contributed by atoms with Crippen LogP contribution in [0, 0.1) is 25.2 Å². The maximum Gasteiger partial charge on any atom is 0.183 e. The van der Waals surface area contributed by atoms with Crippen molar-refractivity contribution in [3.8, 4) is 11.8 Å². The Morgan fingerprint density at radius 2 is 1.76 bits per heavy atom. The maximum atomic E-state index is 12.6. The average molecular weight is 329 g/mol. The minimum Gasteiger partial charge on any atom is -0.378 e. The lowest BCUT2D eigenvalue weighted by atomic mass is 10.1. The van der Waals surface area contributed by atoms with Crippen molar-refractivity contribution in [3.05, 3.63) is 83.2 Å². The number of nitrogens with one attached hydrogen (secondary N) is 1. The van der Waals surface area contributed by atoms with Crippen LogP contribution in [0.5, 0.6) is 0 Å². The molecule has 0 saturated heterocycles. The van der Waals surface area contributed by atoms with Crippen LogP contribution in [0.15, 0.2) is 60.7 Å². The predicted molar refractivity (Wildman–Crippen MR) is 99.2 cm³/mol. The Kier molecular flexibility index (Phi) is 4.67. The van der Waals surface area contributed by atoms with Crippen LogP contribution in [0.1, 0.15) is 27.3 Å². The molecule has 0 aliphatic heterocycles. The monoisotopic (exact) mass is 329 g/mol. The molecule has 1 N–H and O–H groups in total. The summed E-state index contributed by atoms with van der Waals surface area (Å²) in [6.07, 6.45) is 0. The summed E-state index contributed by atoms with van der Waals surface area (Å²) in [6.45, 7) is 4.19. The summed E-state index contributed by atoms with van der Waals surface area (Å²) in [7, 11) is 0. The van der Waals surface area contributed by atoms with Crippen molar-refractivity contribution in [1.29, 1.82) is 5.26 Å². The number of nitrogens with zero attached hydrogens (tertiary/aromatic N) is 2. The number of carbonyl (C=O) groups is 1. The molecule has 25 heavy (non-hydrogen) atoms. The smallest absolute Gasteiger partial charge is 0.183 e. The Morgan fingerprint density at radius 3 is 2.40 bits per heavy atom. The molecule has 3 rings (SSSR count). The Bertz CT molecular complexity index is 932. The van der Waals surface area contributed by atoms with Crippen molar-refractivity contribution >= 4 is 11.5 Å². The fourth-order valence-corrected chi connectivity index (χ4v) is 2.96. The van der Waals surface area contributed by atoms with Gasteiger partial charge in [-0.15, -0.1) is 0 Å². The van der Waals surface area contributed by atoms with Gasteiger partial charge in [-0.3, -0.25) is 4.79 Å². The van der Waals surface area contributed by atoms with Gasteiger partial charge in [0.25, 0.3) is 0 Å². The van der Waals surface area contributed by atoms with Gasteiger partial charge in [0.1, 0.15) is 0 Å². The molecular weight excluding hydrogens is 310 g/mol. The molecule has 0 radical (unpaired) electrons. The zero-order chi connectivity index (χ0) is 17.8. The van der Waals surface area contributed by atoms with Crippen LogP contribution in [0.2, 0.25) is 0 Å². The van der Waals surface area contributed by atoms with Gasteiger partial charge in [0.15, 0.2) is 5.78 Å². The molecule has 0 spiro atoms. The van der Waals surface area contributed by atoms with Gasteiger partial charge in [-0.1, -0.05) is 18.2 Å². The first-order valence-corrected chi connectivity index (χ1v) is 8.12. The van der Waals surface area contributed by atoms with E-state index in [4.69, 9.17) is 5.26 Å². The minimum absolute atomic E-state index is 0.0413. The van der Waals surface area contributed by atoms with E-state index in [1.807, 2.05) is 50.2 Å². The van der Waals surface area contributed by atoms with Crippen LogP contribution in [-0.4, -0.2) is 16.9 Å². The van der Waals surface area contributed by atoms with Crippen molar-refractivity contribution < 1.29 is 4.79 Å². The van der Waals surface area contributed by atoms with E-state index in [1.54, 1.807) is 24.3 Å². The third-order valence-electron chi connectivity index (χ3n) is 4.21. The number of nitriles is 1. The lowest BCUT2D eigenvalue weighted by molar-refractivity contribution is 0.101. The number of hydrogen-bond donors (Lipinski definition) is 1. The average Bonchev–Trinajstić information content (AvgIpc) is 2.95. The molecule has 0 amide bonds. The van der Waals surface area contributed by atoms with Crippen molar-refractivity contribution in [3.63, 3.8) is 0 Å². The molecular formula is C21H19N3O. The topological polar surface area (TPSA) is 57.8 Å². The molecule has 1 heterocycles. The number of rotatable bonds is 5. The first kappa shape index (κ1) is 16.5. The maximum absolute atomic E-state index is 12.6. The van der Waals surface area contributed by atoms with Gasteiger partial charge in [-0.2, -0.15) is 5.26 Å². The molecule has 0 bridgehead atoms. The van der Waals surface area contributed by atoms with Gasteiger partial charge in [-0.25, -0.2) is 0 Å². The molecule has 3 aromatic rings. The van der Waals surface area contributed by atoms with E-state index < -0.39 is 0 Å². The molecule has 0 aliphatic carbocycles. The number of ketones is 1. The van der Waals surface area contributed by atoms with Gasteiger partial charge in [0.05, 0.1) is 18.2 Å². The molecule has 0 unspecified atom stereocenters. The number of Topliss-reactive ketones (excluding diaryl/α,β-unsaturated/α-hetero) is 1. The summed E-state index contributed by atoms with van der Waals surface area (Å²) in [6, 6.07) is 21.1. The SMILES string of the molecule is Cc1cc(C(=O)CNc2ccc(C#N)cc2)c(C)n1-c1ccccc1. The van der Waals surface area contributed by atoms with Crippen LogP contribution in [0.3, 0.4) is 0 Å². The fourth-order valence-electron chi connectivity index (χ4n) is 2.96. The molecule has 0 atom stereocenters. The highest BCUT2D eigenvalue weighted by atomic mass is 16.1. The summed E-state index contributed by atoms with van der Waals surface area (Å²) >= 11 is 0. The van der Waals surface area contributed by atoms with E-state index in [-0.39, 0.29) is 12.3 Å². The second kappa shape index (κ2) is 7.06. The standard InChI is InChI=1S/C21H19N3O/c1-15-12-20(16(2)24(15)19-6-4-3-5-7-19)21(25)14-23-18-10-8-17(13-22)9-11-18/h3-12,23H,14H2,1-2H3. The lowest BCUT2D eigenvalue weighted by Gasteiger charge is -2.10. The van der Waals surface area contributed by atoms with E-state index in [0.29, 0.717) is 5.56 Å². The van der Waals surface area contributed by atoms with Crippen LogP contribution < -0.4 is 5.32 Å². The molecule has 4 nitrogen and oxygen atoms in total. The summed E-state index contributed by atoms with van der Waals surface area (Å²) in [5.41, 5.74) is 5.17. The van der Waals surface area contributed by atoms with Crippen molar-refractivity contribution in [2.45, 2.75) is 13.8 Å². The highest BCUT2D eigenvalue weighted by Gasteiger charge is 2.16. The van der Waals surface area contributed by atoms with Gasteiger partial charge in [-0.05, 0) is 56.3 Å². The van der Waals surface area contributed by atoms with Crippen LogP contribution in [0.25, 0.3) is 5.69 Å². The van der Waals surface area contributed by atoms with Crippen LogP contribution >= 0.6 is 0 Å². The van der Waals surface area contributed by atoms with Gasteiger partial charge in [0.2, 0.25) is 0 Å². The minimum atomic E-state index is 0.0413. The second-order valence-corrected chi connectivity index (χ2v) is 5.92. The first-order chi connectivity index (χ1) is 12.1. The predicted octanol–water partition coefficient (Wildman–Crippen LogP) is 4.26. The van der Waals surface area contributed by atoms with Gasteiger partial charge >= 0.3 is 0 Å². The Morgan fingerprint density at radius 1 is 1.08 bits per heavy atom. The number of para-hydroxylation sites is 1. The van der Waals surface area contributed by atoms with Gasteiger partial charge < -0.3 is 9.88 Å². The molecule has 1 aromatic heterocycles. The van der Waals surface area contributed by atoms with Crippen LogP contribution in [-0.2, 0) is 0 Å². The highest BCUT2D eigenvalue weighted by Crippen LogP contribution is 2.21. The summed E-state index contributed by atoms with van der Waals surface area (Å²) in [5.74, 6) is 0.0413. The summed E-state index contributed by atoms with van der Waals surface area (Å²) < 4.78 is 2.09. The quantitative estimate of drug-likeness (QED) is 0.712. The van der Waals surface area contributed by atoms with E-state index in [2.05, 4.69) is 16.0 Å². The fraction of sp³-hybridized carbons (Fsp3) is 0.143. The number of carbonyl (C=O) groups excluding carboxylic acids is 1. The molecule has 2 aromatic carbocycles. The third-order valence-corrected chi connectivity index (χ3v) is 4.21. The van der Waals surface area contributed by atoms with E-state index >= 15 is 0 Å². The number of aryl methyl sites for hydroxylation is 1. The Hall–Kier alpha value is -3.32. The first-order valence-electron chi connectivity index (χ1n) is 8.12. The lowest BCUT2D eigenvalue weighted by Crippen LogP contribution is -2.14. The van der Waals surface area contributed by atoms with Crippen molar-refractivity contribution in [2.75, 3.05) is 11.9 Å². The van der Waals surface area contributed by atoms with E-state index in [0.717, 1.165) is 28.3 Å². The van der Waals surface area contributed by atoms with E-state index in [1.165, 1.54) is 0 Å². The molecule has 4 heteroatoms. The normalized spacial score (nSPS) is 10.3. The number of hydrogen-bond acceptors (Lipinski definition) is 3. The van der Waals surface area contributed by atoms with E-state index in [9.17, 15) is 4.79 Å². The zero-order valence-electron chi connectivity index (χ0n) is 14.3. The third kappa shape index (κ3) is 3.46. The molecule has 0 saturated carbocycles. The second-order valence-electron chi connectivity index (χ2n) is 5.92. The zero-order valence-corrected chi connectivity index (χ0v) is 14.3.